The van der Waals surface area contributed by atoms with Crippen LogP contribution in [0.1, 0.15) is 26.7 Å². The maximum Gasteiger partial charge on any atom is 0.0823 e. The summed E-state index contributed by atoms with van der Waals surface area (Å²) in [4.78, 5) is 0. The average molecular weight is 181 g/mol. The Bertz CT molecular complexity index is 87.6. The summed E-state index contributed by atoms with van der Waals surface area (Å²) in [7, 11) is 0. The van der Waals surface area contributed by atoms with Gasteiger partial charge in [0, 0.05) is 25.0 Å². The second-order valence-electron chi connectivity index (χ2n) is 2.67. The Labute approximate surface area is 73.8 Å². The van der Waals surface area contributed by atoms with Crippen LogP contribution in [0.3, 0.4) is 0 Å². The van der Waals surface area contributed by atoms with Crippen LogP contribution in [0.5, 0.6) is 0 Å². The van der Waals surface area contributed by atoms with Crippen LogP contribution >= 0.6 is 0 Å². The smallest absolute Gasteiger partial charge is 0.0823 e. The Morgan fingerprint density at radius 1 is 1.60 bits per heavy atom. The largest absolute Gasteiger partial charge is 0.390 e. The number of hydrogen-bond acceptors (Lipinski definition) is 2. The summed E-state index contributed by atoms with van der Waals surface area (Å²) in [6.07, 6.45) is 1.96. The van der Waals surface area contributed by atoms with Crippen molar-refractivity contribution in [3.63, 3.8) is 0 Å². The van der Waals surface area contributed by atoms with Crippen molar-refractivity contribution >= 4 is 0 Å². The summed E-state index contributed by atoms with van der Waals surface area (Å²) in [6, 6.07) is 0. The molecule has 0 aliphatic carbocycles. The topological polar surface area (TPSA) is 29.5 Å². The summed E-state index contributed by atoms with van der Waals surface area (Å²) < 4.78 is 5.37. The minimum absolute atomic E-state index is 0. The molecule has 10 heavy (non-hydrogen) atoms. The molecule has 0 spiro atoms. The number of aliphatic hydroxyl groups is 1. The van der Waals surface area contributed by atoms with Gasteiger partial charge in [-0.3, -0.25) is 0 Å². The summed E-state index contributed by atoms with van der Waals surface area (Å²) in [5.74, 6) is 0. The van der Waals surface area contributed by atoms with E-state index in [0.29, 0.717) is 6.10 Å². The molecule has 1 heterocycles. The van der Waals surface area contributed by atoms with E-state index in [0.717, 1.165) is 12.8 Å². The Hall–Kier alpha value is 0.504. The van der Waals surface area contributed by atoms with E-state index in [1.54, 1.807) is 0 Å². The maximum absolute atomic E-state index is 9.17. The Balaban J connectivity index is 0.000000810. The van der Waals surface area contributed by atoms with Crippen molar-refractivity contribution in [2.24, 2.45) is 0 Å². The molecule has 1 N–H and O–H groups in total. The van der Waals surface area contributed by atoms with E-state index in [1.165, 1.54) is 0 Å². The Morgan fingerprint density at radius 2 is 2.20 bits per heavy atom. The van der Waals surface area contributed by atoms with Gasteiger partial charge in [-0.1, -0.05) is 6.92 Å². The van der Waals surface area contributed by atoms with Crippen LogP contribution in [0.2, 0.25) is 0 Å². The quantitative estimate of drug-likeness (QED) is 0.652. The monoisotopic (exact) mass is 181 g/mol. The van der Waals surface area contributed by atoms with Gasteiger partial charge in [0.15, 0.2) is 0 Å². The van der Waals surface area contributed by atoms with Crippen LogP contribution in [0.4, 0.5) is 0 Å². The zero-order valence-corrected chi connectivity index (χ0v) is 7.85. The zero-order chi connectivity index (χ0) is 6.85. The van der Waals surface area contributed by atoms with E-state index in [1.807, 2.05) is 6.92 Å². The summed E-state index contributed by atoms with van der Waals surface area (Å²) >= 11 is 0. The van der Waals surface area contributed by atoms with Crippen LogP contribution < -0.4 is 0 Å². The van der Waals surface area contributed by atoms with Gasteiger partial charge in [-0.15, -0.1) is 0 Å². The fourth-order valence-electron chi connectivity index (χ4n) is 1.17. The molecule has 0 saturated carbocycles. The molecule has 1 radical (unpaired) electrons. The number of ether oxygens (including phenoxy) is 1. The predicted molar refractivity (Wildman–Crippen MR) is 35.2 cm³/mol. The fraction of sp³-hybridized carbons (Fsp3) is 1.00. The van der Waals surface area contributed by atoms with Crippen LogP contribution in [0.15, 0.2) is 0 Å². The second kappa shape index (κ2) is 4.40. The van der Waals surface area contributed by atoms with Crippen LogP contribution in [-0.2, 0) is 23.3 Å². The van der Waals surface area contributed by atoms with Crippen molar-refractivity contribution in [3.05, 3.63) is 0 Å². The molecule has 1 aliphatic rings. The van der Waals surface area contributed by atoms with Crippen molar-refractivity contribution in [3.8, 4) is 0 Å². The molecule has 1 saturated heterocycles. The van der Waals surface area contributed by atoms with Gasteiger partial charge >= 0.3 is 0 Å². The molecule has 1 aliphatic heterocycles. The first-order valence-corrected chi connectivity index (χ1v) is 3.57. The summed E-state index contributed by atoms with van der Waals surface area (Å²) in [6.45, 7) is 4.00. The van der Waals surface area contributed by atoms with Gasteiger partial charge in [0.25, 0.3) is 0 Å². The third-order valence-electron chi connectivity index (χ3n) is 1.91. The van der Waals surface area contributed by atoms with Crippen molar-refractivity contribution in [1.29, 1.82) is 0 Å². The van der Waals surface area contributed by atoms with E-state index in [2.05, 4.69) is 6.92 Å². The van der Waals surface area contributed by atoms with E-state index in [-0.39, 0.29) is 30.8 Å². The second-order valence-corrected chi connectivity index (χ2v) is 2.67. The molecule has 0 bridgehead atoms. The van der Waals surface area contributed by atoms with Crippen LogP contribution in [0.25, 0.3) is 0 Å². The van der Waals surface area contributed by atoms with Crippen LogP contribution in [0, 0.1) is 0 Å². The molecule has 3 atom stereocenters. The van der Waals surface area contributed by atoms with Crippen molar-refractivity contribution in [2.75, 3.05) is 0 Å². The maximum atomic E-state index is 9.17. The van der Waals surface area contributed by atoms with E-state index < -0.39 is 0 Å². The van der Waals surface area contributed by atoms with Gasteiger partial charge in [0.1, 0.15) is 0 Å². The third-order valence-corrected chi connectivity index (χ3v) is 1.91. The van der Waals surface area contributed by atoms with E-state index >= 15 is 0 Å². The van der Waals surface area contributed by atoms with Crippen molar-refractivity contribution in [2.45, 2.75) is 45.0 Å². The first-order chi connectivity index (χ1) is 4.24. The van der Waals surface area contributed by atoms with Gasteiger partial charge < -0.3 is 9.84 Å². The van der Waals surface area contributed by atoms with Gasteiger partial charge in [-0.25, -0.2) is 0 Å². The molecule has 0 amide bonds. The number of aliphatic hydroxyl groups excluding tert-OH is 1. The molecule has 1 rings (SSSR count). The molecule has 0 aromatic heterocycles. The first-order valence-electron chi connectivity index (χ1n) is 3.57. The van der Waals surface area contributed by atoms with E-state index in [9.17, 15) is 5.11 Å². The predicted octanol–water partition coefficient (Wildman–Crippen LogP) is 0.932. The normalized spacial score (nSPS) is 39.3. The van der Waals surface area contributed by atoms with Gasteiger partial charge in [0.05, 0.1) is 18.3 Å². The van der Waals surface area contributed by atoms with E-state index in [4.69, 9.17) is 4.74 Å². The molecular weight excluding hydrogens is 167 g/mol. The SMILES string of the molecule is CC[C@H]1CC(O)[C@@H](C)O1.[V]. The third kappa shape index (κ3) is 2.28. The van der Waals surface area contributed by atoms with Gasteiger partial charge in [-0.2, -0.15) is 0 Å². The number of rotatable bonds is 1. The number of hydrogen-bond donors (Lipinski definition) is 1. The summed E-state index contributed by atoms with van der Waals surface area (Å²) in [5, 5.41) is 9.17. The molecule has 0 aromatic rings. The molecule has 59 valence electrons. The Kier molecular flexibility index (Phi) is 4.62. The molecule has 1 unspecified atom stereocenters. The van der Waals surface area contributed by atoms with Crippen molar-refractivity contribution < 1.29 is 28.4 Å². The summed E-state index contributed by atoms with van der Waals surface area (Å²) in [5.41, 5.74) is 0. The minimum Gasteiger partial charge on any atom is -0.390 e. The van der Waals surface area contributed by atoms with Crippen molar-refractivity contribution in [1.82, 2.24) is 0 Å². The minimum atomic E-state index is -0.227. The standard InChI is InChI=1S/C7H14O2.V/c1-3-6-4-7(8)5(2)9-6;/h5-8H,3-4H2,1-2H3;/t5-,6+,7?;/m1./s1. The average Bonchev–Trinajstić information content (AvgIpc) is 2.13. The molecule has 1 fully saturated rings. The molecule has 2 nitrogen and oxygen atoms in total. The first kappa shape index (κ1) is 10.5. The molecule has 3 heteroatoms. The zero-order valence-electron chi connectivity index (χ0n) is 6.45. The Morgan fingerprint density at radius 3 is 2.40 bits per heavy atom. The van der Waals surface area contributed by atoms with Gasteiger partial charge in [0.2, 0.25) is 0 Å². The molecular formula is C7H14O2V. The van der Waals surface area contributed by atoms with Crippen LogP contribution in [-0.4, -0.2) is 23.4 Å². The molecule has 0 aromatic carbocycles. The fourth-order valence-corrected chi connectivity index (χ4v) is 1.17. The van der Waals surface area contributed by atoms with Gasteiger partial charge in [-0.05, 0) is 13.3 Å².